The number of anilines is 1. The minimum atomic E-state index is -0.397. The summed E-state index contributed by atoms with van der Waals surface area (Å²) >= 11 is 0. The molecule has 1 heterocycles. The fourth-order valence-electron chi connectivity index (χ4n) is 2.92. The average Bonchev–Trinajstić information content (AvgIpc) is 2.50. The molecule has 0 unspecified atom stereocenters. The van der Waals surface area contributed by atoms with Crippen LogP contribution in [0.15, 0.2) is 12.1 Å². The van der Waals surface area contributed by atoms with E-state index in [-0.39, 0.29) is 11.4 Å². The Morgan fingerprint density at radius 3 is 2.56 bits per heavy atom. The van der Waals surface area contributed by atoms with Crippen molar-refractivity contribution in [1.82, 2.24) is 5.32 Å². The summed E-state index contributed by atoms with van der Waals surface area (Å²) in [6, 6.07) is 3.47. The maximum absolute atomic E-state index is 10.8. The third-order valence-electron chi connectivity index (χ3n) is 3.66. The summed E-state index contributed by atoms with van der Waals surface area (Å²) in [6.45, 7) is 1.88. The van der Waals surface area contributed by atoms with Gasteiger partial charge in [-0.3, -0.25) is 10.1 Å². The molecule has 1 saturated heterocycles. The molecule has 5 nitrogen and oxygen atoms in total. The first-order valence-corrected chi connectivity index (χ1v) is 5.45. The SMILES string of the molecule is Nc1cc2c(cc1[N+](=O)[O-])[C@H]1CNC[C@@H]2C1. The number of nitro benzene ring substituents is 1. The lowest BCUT2D eigenvalue weighted by atomic mass is 9.98. The summed E-state index contributed by atoms with van der Waals surface area (Å²) in [5, 5.41) is 14.2. The van der Waals surface area contributed by atoms with Gasteiger partial charge in [-0.25, -0.2) is 0 Å². The van der Waals surface area contributed by atoms with E-state index in [4.69, 9.17) is 5.73 Å². The Bertz CT molecular complexity index is 473. The second-order valence-corrected chi connectivity index (χ2v) is 4.58. The van der Waals surface area contributed by atoms with Gasteiger partial charge in [0, 0.05) is 19.2 Å². The van der Waals surface area contributed by atoms with Gasteiger partial charge in [0.2, 0.25) is 0 Å². The quantitative estimate of drug-likeness (QED) is 0.424. The van der Waals surface area contributed by atoms with Crippen molar-refractivity contribution in [2.24, 2.45) is 0 Å². The van der Waals surface area contributed by atoms with E-state index in [1.165, 1.54) is 5.56 Å². The molecule has 0 amide bonds. The van der Waals surface area contributed by atoms with E-state index in [2.05, 4.69) is 5.32 Å². The van der Waals surface area contributed by atoms with Crippen LogP contribution >= 0.6 is 0 Å². The van der Waals surface area contributed by atoms with E-state index in [9.17, 15) is 10.1 Å². The molecule has 84 valence electrons. The van der Waals surface area contributed by atoms with Crippen LogP contribution in [0.1, 0.15) is 29.4 Å². The summed E-state index contributed by atoms with van der Waals surface area (Å²) in [7, 11) is 0. The molecule has 0 saturated carbocycles. The van der Waals surface area contributed by atoms with E-state index in [1.54, 1.807) is 12.1 Å². The molecular formula is C11H13N3O2. The van der Waals surface area contributed by atoms with Crippen LogP contribution in [0.25, 0.3) is 0 Å². The van der Waals surface area contributed by atoms with Crippen molar-refractivity contribution in [3.63, 3.8) is 0 Å². The number of nitrogen functional groups attached to an aromatic ring is 1. The number of fused-ring (bicyclic) bond motifs is 5. The Labute approximate surface area is 92.8 Å². The van der Waals surface area contributed by atoms with Gasteiger partial charge in [0.1, 0.15) is 5.69 Å². The topological polar surface area (TPSA) is 81.2 Å². The minimum Gasteiger partial charge on any atom is -0.393 e. The van der Waals surface area contributed by atoms with Crippen molar-refractivity contribution >= 4 is 11.4 Å². The van der Waals surface area contributed by atoms with Crippen molar-refractivity contribution in [1.29, 1.82) is 0 Å². The van der Waals surface area contributed by atoms with E-state index >= 15 is 0 Å². The fraction of sp³-hybridized carbons (Fsp3) is 0.455. The van der Waals surface area contributed by atoms with E-state index in [1.807, 2.05) is 0 Å². The van der Waals surface area contributed by atoms with E-state index in [0.717, 1.165) is 25.1 Å². The molecule has 16 heavy (non-hydrogen) atoms. The Kier molecular flexibility index (Phi) is 1.91. The van der Waals surface area contributed by atoms with Crippen molar-refractivity contribution in [2.75, 3.05) is 18.8 Å². The highest BCUT2D eigenvalue weighted by Crippen LogP contribution is 2.46. The second-order valence-electron chi connectivity index (χ2n) is 4.58. The van der Waals surface area contributed by atoms with E-state index < -0.39 is 4.92 Å². The number of hydrogen-bond acceptors (Lipinski definition) is 4. The molecule has 5 heteroatoms. The molecule has 1 fully saturated rings. The summed E-state index contributed by atoms with van der Waals surface area (Å²) in [5.74, 6) is 0.907. The molecule has 1 aliphatic carbocycles. The lowest BCUT2D eigenvalue weighted by Gasteiger charge is -2.19. The van der Waals surface area contributed by atoms with Gasteiger partial charge in [-0.05, 0) is 35.4 Å². The number of nitro groups is 1. The molecule has 1 aromatic rings. The summed E-state index contributed by atoms with van der Waals surface area (Å²) < 4.78 is 0. The normalized spacial score (nSPS) is 26.5. The van der Waals surface area contributed by atoms with Gasteiger partial charge in [-0.1, -0.05) is 0 Å². The molecule has 2 bridgehead atoms. The predicted octanol–water partition coefficient (Wildman–Crippen LogP) is 1.35. The highest BCUT2D eigenvalue weighted by atomic mass is 16.6. The zero-order valence-electron chi connectivity index (χ0n) is 8.77. The van der Waals surface area contributed by atoms with Crippen LogP contribution in [-0.4, -0.2) is 18.0 Å². The third kappa shape index (κ3) is 1.21. The fourth-order valence-corrected chi connectivity index (χ4v) is 2.92. The zero-order chi connectivity index (χ0) is 11.3. The van der Waals surface area contributed by atoms with Gasteiger partial charge in [-0.2, -0.15) is 0 Å². The first-order chi connectivity index (χ1) is 7.66. The van der Waals surface area contributed by atoms with Gasteiger partial charge in [0.15, 0.2) is 0 Å². The van der Waals surface area contributed by atoms with Crippen molar-refractivity contribution in [3.05, 3.63) is 33.4 Å². The number of nitrogens with two attached hydrogens (primary N) is 1. The summed E-state index contributed by atoms with van der Waals surface area (Å²) in [4.78, 5) is 10.4. The Morgan fingerprint density at radius 1 is 1.31 bits per heavy atom. The van der Waals surface area contributed by atoms with Crippen molar-refractivity contribution in [3.8, 4) is 0 Å². The smallest absolute Gasteiger partial charge is 0.292 e. The van der Waals surface area contributed by atoms with Crippen molar-refractivity contribution < 1.29 is 4.92 Å². The van der Waals surface area contributed by atoms with Crippen LogP contribution in [0.5, 0.6) is 0 Å². The molecular weight excluding hydrogens is 206 g/mol. The van der Waals surface area contributed by atoms with Crippen LogP contribution in [0, 0.1) is 10.1 Å². The molecule has 0 spiro atoms. The lowest BCUT2D eigenvalue weighted by Crippen LogP contribution is -2.28. The number of piperidine rings is 1. The molecule has 2 aliphatic rings. The molecule has 3 N–H and O–H groups in total. The maximum Gasteiger partial charge on any atom is 0.292 e. The second kappa shape index (κ2) is 3.18. The van der Waals surface area contributed by atoms with Gasteiger partial charge in [-0.15, -0.1) is 0 Å². The van der Waals surface area contributed by atoms with Crippen LogP contribution < -0.4 is 11.1 Å². The Hall–Kier alpha value is -1.62. The number of rotatable bonds is 1. The first kappa shape index (κ1) is 9.59. The number of hydrogen-bond donors (Lipinski definition) is 2. The van der Waals surface area contributed by atoms with E-state index in [0.29, 0.717) is 11.8 Å². The Morgan fingerprint density at radius 2 is 1.94 bits per heavy atom. The molecule has 2 atom stereocenters. The molecule has 0 aromatic heterocycles. The minimum absolute atomic E-state index is 0.0475. The average molecular weight is 219 g/mol. The van der Waals surface area contributed by atoms with Crippen LogP contribution in [0.3, 0.4) is 0 Å². The number of nitrogens with one attached hydrogen (secondary N) is 1. The molecule has 1 aliphatic heterocycles. The highest BCUT2D eigenvalue weighted by Gasteiger charge is 2.36. The van der Waals surface area contributed by atoms with Gasteiger partial charge in [0.25, 0.3) is 5.69 Å². The lowest BCUT2D eigenvalue weighted by molar-refractivity contribution is -0.384. The summed E-state index contributed by atoms with van der Waals surface area (Å²) in [5.41, 5.74) is 8.38. The zero-order valence-corrected chi connectivity index (χ0v) is 8.77. The van der Waals surface area contributed by atoms with Crippen LogP contribution in [0.2, 0.25) is 0 Å². The predicted molar refractivity (Wildman–Crippen MR) is 60.5 cm³/mol. The number of nitrogens with zero attached hydrogens (tertiary/aromatic N) is 1. The van der Waals surface area contributed by atoms with Crippen LogP contribution in [-0.2, 0) is 0 Å². The van der Waals surface area contributed by atoms with Crippen LogP contribution in [0.4, 0.5) is 11.4 Å². The van der Waals surface area contributed by atoms with Gasteiger partial charge >= 0.3 is 0 Å². The maximum atomic E-state index is 10.8. The van der Waals surface area contributed by atoms with Gasteiger partial charge < -0.3 is 11.1 Å². The summed E-state index contributed by atoms with van der Waals surface area (Å²) in [6.07, 6.45) is 1.10. The molecule has 1 aromatic carbocycles. The molecule has 3 rings (SSSR count). The highest BCUT2D eigenvalue weighted by molar-refractivity contribution is 5.64. The Balaban J connectivity index is 2.16. The third-order valence-corrected chi connectivity index (χ3v) is 3.66. The largest absolute Gasteiger partial charge is 0.393 e. The first-order valence-electron chi connectivity index (χ1n) is 5.45. The van der Waals surface area contributed by atoms with Gasteiger partial charge in [0.05, 0.1) is 4.92 Å². The van der Waals surface area contributed by atoms with Crippen molar-refractivity contribution in [2.45, 2.75) is 18.3 Å². The standard InChI is InChI=1S/C11H13N3O2/c12-10-2-8-6-1-7(5-13-4-6)9(8)3-11(10)14(15)16/h2-3,6-7,13H,1,4-5,12H2/t6-,7+/m0/s1. The monoisotopic (exact) mass is 219 g/mol. The number of benzene rings is 1. The molecule has 0 radical (unpaired) electrons.